The van der Waals surface area contributed by atoms with Crippen molar-refractivity contribution < 1.29 is 0 Å². The first kappa shape index (κ1) is 32.0. The van der Waals surface area contributed by atoms with E-state index in [0.29, 0.717) is 0 Å². The predicted molar refractivity (Wildman–Crippen MR) is 235 cm³/mol. The Bertz CT molecular complexity index is 3170. The van der Waals surface area contributed by atoms with Crippen LogP contribution >= 0.6 is 0 Å². The maximum absolute atomic E-state index is 5.35. The summed E-state index contributed by atoms with van der Waals surface area (Å²) in [7, 11) is 0. The fourth-order valence-electron chi connectivity index (χ4n) is 8.75. The molecule has 0 unspecified atom stereocenters. The van der Waals surface area contributed by atoms with Gasteiger partial charge in [0.05, 0.1) is 11.2 Å². The number of hydrogen-bond donors (Lipinski definition) is 0. The lowest BCUT2D eigenvalue weighted by atomic mass is 9.82. The summed E-state index contributed by atoms with van der Waals surface area (Å²) in [5.74, 6) is 0. The van der Waals surface area contributed by atoms with Crippen LogP contribution in [0.4, 0.5) is 0 Å². The van der Waals surface area contributed by atoms with Gasteiger partial charge in [-0.25, -0.2) is 4.98 Å². The summed E-state index contributed by atoms with van der Waals surface area (Å²) in [5.41, 5.74) is 12.3. The average molecular weight is 712 g/mol. The van der Waals surface area contributed by atoms with Gasteiger partial charge in [-0.2, -0.15) is 0 Å². The molecule has 0 fully saturated rings. The Morgan fingerprint density at radius 3 is 1.54 bits per heavy atom. The summed E-state index contributed by atoms with van der Waals surface area (Å²) in [4.78, 5) is 14.2. The van der Waals surface area contributed by atoms with Crippen molar-refractivity contribution in [3.05, 3.63) is 201 Å². The molecule has 8 aromatic carbocycles. The van der Waals surface area contributed by atoms with E-state index in [1.54, 1.807) is 0 Å². The summed E-state index contributed by atoms with van der Waals surface area (Å²) < 4.78 is 0. The van der Waals surface area contributed by atoms with Gasteiger partial charge < -0.3 is 0 Å². The van der Waals surface area contributed by atoms with Crippen molar-refractivity contribution in [1.82, 2.24) is 15.0 Å². The van der Waals surface area contributed by atoms with Gasteiger partial charge in [0, 0.05) is 52.1 Å². The molecule has 11 rings (SSSR count). The summed E-state index contributed by atoms with van der Waals surface area (Å²) in [6.45, 7) is 0. The lowest BCUT2D eigenvalue weighted by Crippen LogP contribution is -1.95. The van der Waals surface area contributed by atoms with Crippen molar-refractivity contribution in [3.63, 3.8) is 0 Å². The maximum Gasteiger partial charge on any atom is 0.0788 e. The molecule has 0 saturated heterocycles. The van der Waals surface area contributed by atoms with Gasteiger partial charge in [-0.05, 0) is 120 Å². The zero-order valence-electron chi connectivity index (χ0n) is 30.4. The molecule has 3 nitrogen and oxygen atoms in total. The molecule has 56 heavy (non-hydrogen) atoms. The zero-order valence-corrected chi connectivity index (χ0v) is 30.4. The van der Waals surface area contributed by atoms with E-state index in [-0.39, 0.29) is 0 Å². The van der Waals surface area contributed by atoms with Crippen LogP contribution in [0.5, 0.6) is 0 Å². The van der Waals surface area contributed by atoms with Gasteiger partial charge in [0.2, 0.25) is 0 Å². The monoisotopic (exact) mass is 711 g/mol. The van der Waals surface area contributed by atoms with Crippen LogP contribution in [0.3, 0.4) is 0 Å². The smallest absolute Gasteiger partial charge is 0.0788 e. The highest BCUT2D eigenvalue weighted by atomic mass is 14.7. The first-order valence-corrected chi connectivity index (χ1v) is 19.0. The van der Waals surface area contributed by atoms with Crippen LogP contribution in [0.25, 0.3) is 110 Å². The standard InChI is InChI=1S/C53H33N3/c1-2-13-35(14-3-1)53-48-32-47(40-16-4-5-17-41(40)52(48)46-22-10-11-23-49(46)56-53)51-44-20-8-6-18-42(44)50(43-19-7-9-21-45(43)51)39-30-37(34-24-27-54-28-25-34)29-38(31-39)36-15-12-26-55-33-36/h1-33H. The number of hydrogen-bond acceptors (Lipinski definition) is 3. The van der Waals surface area contributed by atoms with Gasteiger partial charge in [0.25, 0.3) is 0 Å². The van der Waals surface area contributed by atoms with Crippen LogP contribution < -0.4 is 0 Å². The number of para-hydroxylation sites is 1. The summed E-state index contributed by atoms with van der Waals surface area (Å²) in [5, 5.41) is 10.8. The molecule has 0 radical (unpaired) electrons. The third-order valence-electron chi connectivity index (χ3n) is 11.2. The molecule has 3 heterocycles. The van der Waals surface area contributed by atoms with Crippen molar-refractivity contribution in [3.8, 4) is 55.8 Å². The van der Waals surface area contributed by atoms with Gasteiger partial charge in [-0.3, -0.25) is 9.97 Å². The Hall–Kier alpha value is -7.49. The third-order valence-corrected chi connectivity index (χ3v) is 11.2. The quantitative estimate of drug-likeness (QED) is 0.132. The Morgan fingerprint density at radius 1 is 0.304 bits per heavy atom. The minimum Gasteiger partial charge on any atom is -0.265 e. The van der Waals surface area contributed by atoms with Crippen molar-refractivity contribution in [1.29, 1.82) is 0 Å². The number of fused-ring (bicyclic) bond motifs is 7. The van der Waals surface area contributed by atoms with E-state index in [1.807, 2.05) is 30.9 Å². The second-order valence-corrected chi connectivity index (χ2v) is 14.4. The second kappa shape index (κ2) is 13.1. The zero-order chi connectivity index (χ0) is 37.0. The predicted octanol–water partition coefficient (Wildman–Crippen LogP) is 14.0. The van der Waals surface area contributed by atoms with E-state index in [1.165, 1.54) is 54.4 Å². The maximum atomic E-state index is 5.35. The van der Waals surface area contributed by atoms with E-state index >= 15 is 0 Å². The van der Waals surface area contributed by atoms with Crippen LogP contribution in [0.15, 0.2) is 201 Å². The van der Waals surface area contributed by atoms with E-state index in [0.717, 1.165) is 55.4 Å². The molecule has 0 aliphatic carbocycles. The fourth-order valence-corrected chi connectivity index (χ4v) is 8.75. The van der Waals surface area contributed by atoms with E-state index in [2.05, 4.69) is 180 Å². The second-order valence-electron chi connectivity index (χ2n) is 14.4. The van der Waals surface area contributed by atoms with E-state index in [9.17, 15) is 0 Å². The Labute approximate surface area is 324 Å². The van der Waals surface area contributed by atoms with Crippen LogP contribution in [0.1, 0.15) is 0 Å². The highest BCUT2D eigenvalue weighted by Gasteiger charge is 2.22. The molecule has 3 heteroatoms. The molecule has 0 saturated carbocycles. The van der Waals surface area contributed by atoms with E-state index < -0.39 is 0 Å². The lowest BCUT2D eigenvalue weighted by molar-refractivity contribution is 1.32. The van der Waals surface area contributed by atoms with Gasteiger partial charge in [-0.1, -0.05) is 127 Å². The summed E-state index contributed by atoms with van der Waals surface area (Å²) in [6.07, 6.45) is 7.50. The number of pyridine rings is 3. The number of rotatable bonds is 5. The molecule has 0 spiro atoms. The molecule has 0 aliphatic rings. The Kier molecular flexibility index (Phi) is 7.49. The minimum absolute atomic E-state index is 0.993. The SMILES string of the molecule is c1ccc(-c2nc3ccccc3c3c2cc(-c2c4ccccc4c(-c4cc(-c5ccncc5)cc(-c5cccnc5)c4)c4ccccc24)c2ccccc23)cc1. The molecule has 3 aromatic heterocycles. The highest BCUT2D eigenvalue weighted by molar-refractivity contribution is 6.29. The number of nitrogens with zero attached hydrogens (tertiary/aromatic N) is 3. The molecule has 0 aliphatic heterocycles. The molecule has 0 N–H and O–H groups in total. The molecular formula is C53H33N3. The third kappa shape index (κ3) is 5.17. The lowest BCUT2D eigenvalue weighted by Gasteiger charge is -2.21. The Balaban J connectivity index is 1.27. The molecule has 260 valence electrons. The topological polar surface area (TPSA) is 38.7 Å². The minimum atomic E-state index is 0.993. The molecular weight excluding hydrogens is 679 g/mol. The van der Waals surface area contributed by atoms with Gasteiger partial charge in [0.1, 0.15) is 0 Å². The first-order valence-electron chi connectivity index (χ1n) is 19.0. The van der Waals surface area contributed by atoms with Crippen molar-refractivity contribution in [2.45, 2.75) is 0 Å². The summed E-state index contributed by atoms with van der Waals surface area (Å²) in [6, 6.07) is 63.6. The first-order chi connectivity index (χ1) is 27.8. The van der Waals surface area contributed by atoms with Crippen molar-refractivity contribution in [2.75, 3.05) is 0 Å². The normalized spacial score (nSPS) is 11.6. The van der Waals surface area contributed by atoms with Crippen LogP contribution in [-0.4, -0.2) is 15.0 Å². The van der Waals surface area contributed by atoms with Gasteiger partial charge >= 0.3 is 0 Å². The molecule has 11 aromatic rings. The van der Waals surface area contributed by atoms with Crippen LogP contribution in [0, 0.1) is 0 Å². The van der Waals surface area contributed by atoms with Crippen molar-refractivity contribution in [2.24, 2.45) is 0 Å². The van der Waals surface area contributed by atoms with Gasteiger partial charge in [-0.15, -0.1) is 0 Å². The molecule has 0 bridgehead atoms. The largest absolute Gasteiger partial charge is 0.265 e. The summed E-state index contributed by atoms with van der Waals surface area (Å²) >= 11 is 0. The van der Waals surface area contributed by atoms with E-state index in [4.69, 9.17) is 4.98 Å². The highest BCUT2D eigenvalue weighted by Crippen LogP contribution is 2.49. The van der Waals surface area contributed by atoms with Crippen molar-refractivity contribution >= 4 is 54.0 Å². The number of aromatic nitrogens is 3. The average Bonchev–Trinajstić information content (AvgIpc) is 3.28. The molecule has 0 amide bonds. The van der Waals surface area contributed by atoms with Crippen LogP contribution in [0.2, 0.25) is 0 Å². The van der Waals surface area contributed by atoms with Gasteiger partial charge in [0.15, 0.2) is 0 Å². The Morgan fingerprint density at radius 2 is 0.857 bits per heavy atom. The van der Waals surface area contributed by atoms with Crippen LogP contribution in [-0.2, 0) is 0 Å². The number of benzene rings is 8. The fraction of sp³-hybridized carbons (Fsp3) is 0. The molecule has 0 atom stereocenters.